The van der Waals surface area contributed by atoms with Crippen molar-refractivity contribution in [3.63, 3.8) is 0 Å². The van der Waals surface area contributed by atoms with Crippen LogP contribution in [0.4, 0.5) is 0 Å². The number of nitrogens with zero attached hydrogens (tertiary/aromatic N) is 4. The Morgan fingerprint density at radius 1 is 0.930 bits per heavy atom. The number of carbonyl (C=O) groups excluding carboxylic acids is 1. The Bertz CT molecular complexity index is 1830. The van der Waals surface area contributed by atoms with Crippen LogP contribution < -0.4 is 4.74 Å². The molecule has 1 saturated carbocycles. The Hall–Kier alpha value is -3.93. The SMILES string of the molecule is C[C@H]1CC[C@H]2[C@H](C1)c1c(c3ccccc3c3nc4cc(C(=O)N5CCN(C6=CCCC=C6)CC5)ccc4nc13)OC2(C)C. The van der Waals surface area contributed by atoms with E-state index in [1.54, 1.807) is 0 Å². The monoisotopic (exact) mass is 572 g/mol. The lowest BCUT2D eigenvalue weighted by atomic mass is 9.64. The van der Waals surface area contributed by atoms with E-state index >= 15 is 0 Å². The van der Waals surface area contributed by atoms with Crippen molar-refractivity contribution in [2.24, 2.45) is 11.8 Å². The molecule has 1 amide bonds. The second kappa shape index (κ2) is 10.1. The van der Waals surface area contributed by atoms with Gasteiger partial charge in [-0.25, -0.2) is 9.97 Å². The largest absolute Gasteiger partial charge is 0.487 e. The topological polar surface area (TPSA) is 58.6 Å². The summed E-state index contributed by atoms with van der Waals surface area (Å²) in [5, 5.41) is 2.17. The van der Waals surface area contributed by atoms with Gasteiger partial charge in [0.05, 0.1) is 22.1 Å². The summed E-state index contributed by atoms with van der Waals surface area (Å²) in [6, 6.07) is 14.3. The van der Waals surface area contributed by atoms with Crippen molar-refractivity contribution in [3.05, 3.63) is 77.5 Å². The van der Waals surface area contributed by atoms with E-state index < -0.39 is 0 Å². The fourth-order valence-corrected chi connectivity index (χ4v) is 8.21. The third-order valence-electron chi connectivity index (χ3n) is 10.5. The standard InChI is InChI=1S/C37H40N4O2/c1-23-13-15-29-28(21-23)32-34-33(26-11-7-8-12-27(26)35(32)43-37(29,2)3)39-31-22-24(14-16-30(31)38-34)36(42)41-19-17-40(18-20-41)25-9-5-4-6-10-25/h5,7-12,14,16,22-23,28-29H,4,6,13,15,17-21H2,1-3H3/t23-,28-,29-/m0/s1. The van der Waals surface area contributed by atoms with Gasteiger partial charge in [0.2, 0.25) is 0 Å². The Kier molecular flexibility index (Phi) is 6.25. The first-order valence-electron chi connectivity index (χ1n) is 16.1. The molecule has 0 radical (unpaired) electrons. The zero-order valence-electron chi connectivity index (χ0n) is 25.5. The third-order valence-corrected chi connectivity index (χ3v) is 10.5. The highest BCUT2D eigenvalue weighted by molar-refractivity contribution is 6.11. The van der Waals surface area contributed by atoms with Crippen molar-refractivity contribution in [1.29, 1.82) is 0 Å². The number of amides is 1. The number of hydrogen-bond acceptors (Lipinski definition) is 5. The first-order chi connectivity index (χ1) is 20.9. The molecule has 2 aliphatic carbocycles. The predicted molar refractivity (Wildman–Crippen MR) is 172 cm³/mol. The lowest BCUT2D eigenvalue weighted by molar-refractivity contribution is -0.0115. The molecule has 3 atom stereocenters. The lowest BCUT2D eigenvalue weighted by Crippen LogP contribution is -2.48. The summed E-state index contributed by atoms with van der Waals surface area (Å²) >= 11 is 0. The summed E-state index contributed by atoms with van der Waals surface area (Å²) in [6.07, 6.45) is 12.5. The summed E-state index contributed by atoms with van der Waals surface area (Å²) in [6.45, 7) is 10.1. The minimum atomic E-state index is -0.233. The van der Waals surface area contributed by atoms with Crippen LogP contribution in [0.25, 0.3) is 32.8 Å². The van der Waals surface area contributed by atoms with Gasteiger partial charge in [0.15, 0.2) is 0 Å². The van der Waals surface area contributed by atoms with Crippen LogP contribution in [-0.4, -0.2) is 57.5 Å². The molecule has 0 bridgehead atoms. The molecule has 1 saturated heterocycles. The van der Waals surface area contributed by atoms with Gasteiger partial charge in [-0.3, -0.25) is 4.79 Å². The molecular weight excluding hydrogens is 532 g/mol. The maximum absolute atomic E-state index is 13.7. The number of benzene rings is 3. The molecule has 43 heavy (non-hydrogen) atoms. The van der Waals surface area contributed by atoms with Gasteiger partial charge in [-0.15, -0.1) is 0 Å². The van der Waals surface area contributed by atoms with Gasteiger partial charge in [-0.1, -0.05) is 49.8 Å². The molecule has 8 rings (SSSR count). The van der Waals surface area contributed by atoms with Crippen molar-refractivity contribution < 1.29 is 9.53 Å². The molecule has 2 aliphatic heterocycles. The first kappa shape index (κ1) is 26.7. The fraction of sp³-hybridized carbons (Fsp3) is 0.432. The van der Waals surface area contributed by atoms with E-state index in [2.05, 4.69) is 68.2 Å². The molecule has 220 valence electrons. The molecule has 6 nitrogen and oxygen atoms in total. The van der Waals surface area contributed by atoms with E-state index in [1.807, 2.05) is 23.1 Å². The molecular formula is C37H40N4O2. The van der Waals surface area contributed by atoms with Gasteiger partial charge >= 0.3 is 0 Å². The molecule has 3 heterocycles. The van der Waals surface area contributed by atoms with E-state index in [-0.39, 0.29) is 11.5 Å². The minimum absolute atomic E-state index is 0.0709. The van der Waals surface area contributed by atoms with E-state index in [9.17, 15) is 4.79 Å². The average molecular weight is 573 g/mol. The normalized spacial score (nSPS) is 24.9. The average Bonchev–Trinajstić information content (AvgIpc) is 3.03. The van der Waals surface area contributed by atoms with Gasteiger partial charge in [-0.2, -0.15) is 0 Å². The van der Waals surface area contributed by atoms with E-state index in [1.165, 1.54) is 24.1 Å². The predicted octanol–water partition coefficient (Wildman–Crippen LogP) is 7.62. The Balaban J connectivity index is 1.19. The van der Waals surface area contributed by atoms with Crippen molar-refractivity contribution in [2.45, 2.75) is 64.4 Å². The van der Waals surface area contributed by atoms with Crippen LogP contribution in [0.2, 0.25) is 0 Å². The highest BCUT2D eigenvalue weighted by atomic mass is 16.5. The minimum Gasteiger partial charge on any atom is -0.487 e. The molecule has 0 unspecified atom stereocenters. The van der Waals surface area contributed by atoms with Crippen molar-refractivity contribution in [1.82, 2.24) is 19.8 Å². The first-order valence-corrected chi connectivity index (χ1v) is 16.1. The van der Waals surface area contributed by atoms with Crippen LogP contribution >= 0.6 is 0 Å². The number of fused-ring (bicyclic) bond motifs is 9. The molecule has 6 heteroatoms. The van der Waals surface area contributed by atoms with Crippen molar-refractivity contribution >= 4 is 38.7 Å². The molecule has 1 aromatic heterocycles. The van der Waals surface area contributed by atoms with Gasteiger partial charge in [0.1, 0.15) is 11.4 Å². The van der Waals surface area contributed by atoms with Crippen LogP contribution in [0, 0.1) is 11.8 Å². The van der Waals surface area contributed by atoms with E-state index in [0.29, 0.717) is 23.3 Å². The second-order valence-corrected chi connectivity index (χ2v) is 13.6. The van der Waals surface area contributed by atoms with Crippen LogP contribution in [0.5, 0.6) is 5.75 Å². The smallest absolute Gasteiger partial charge is 0.254 e. The molecule has 0 N–H and O–H groups in total. The number of allylic oxidation sites excluding steroid dienone is 3. The summed E-state index contributed by atoms with van der Waals surface area (Å²) in [5.41, 5.74) is 6.45. The third kappa shape index (κ3) is 4.40. The molecule has 3 aromatic carbocycles. The van der Waals surface area contributed by atoms with Crippen molar-refractivity contribution in [3.8, 4) is 5.75 Å². The lowest BCUT2D eigenvalue weighted by Gasteiger charge is -2.49. The summed E-state index contributed by atoms with van der Waals surface area (Å²) in [7, 11) is 0. The maximum atomic E-state index is 13.7. The van der Waals surface area contributed by atoms with Crippen LogP contribution in [0.3, 0.4) is 0 Å². The Labute approximate surface area is 253 Å². The second-order valence-electron chi connectivity index (χ2n) is 13.6. The summed E-state index contributed by atoms with van der Waals surface area (Å²) in [4.78, 5) is 28.6. The number of piperazine rings is 1. The van der Waals surface area contributed by atoms with Crippen LogP contribution in [0.15, 0.2) is 66.4 Å². The van der Waals surface area contributed by atoms with Crippen LogP contribution in [-0.2, 0) is 0 Å². The maximum Gasteiger partial charge on any atom is 0.254 e. The fourth-order valence-electron chi connectivity index (χ4n) is 8.21. The number of hydrogen-bond donors (Lipinski definition) is 0. The van der Waals surface area contributed by atoms with Gasteiger partial charge < -0.3 is 14.5 Å². The Morgan fingerprint density at radius 2 is 1.72 bits per heavy atom. The number of aromatic nitrogens is 2. The van der Waals surface area contributed by atoms with Crippen molar-refractivity contribution in [2.75, 3.05) is 26.2 Å². The number of rotatable bonds is 2. The van der Waals surface area contributed by atoms with E-state index in [0.717, 1.165) is 84.0 Å². The van der Waals surface area contributed by atoms with Crippen LogP contribution in [0.1, 0.15) is 74.7 Å². The van der Waals surface area contributed by atoms with Gasteiger partial charge in [-0.05, 0) is 75.6 Å². The summed E-state index contributed by atoms with van der Waals surface area (Å²) in [5.74, 6) is 2.57. The summed E-state index contributed by atoms with van der Waals surface area (Å²) < 4.78 is 6.89. The molecule has 2 fully saturated rings. The zero-order chi connectivity index (χ0) is 29.3. The highest BCUT2D eigenvalue weighted by Crippen LogP contribution is 2.56. The molecule has 0 spiro atoms. The molecule has 4 aliphatic rings. The molecule has 4 aromatic rings. The van der Waals surface area contributed by atoms with Gasteiger partial charge in [0.25, 0.3) is 5.91 Å². The Morgan fingerprint density at radius 3 is 2.51 bits per heavy atom. The number of ether oxygens (including phenoxy) is 1. The zero-order valence-corrected chi connectivity index (χ0v) is 25.5. The quantitative estimate of drug-likeness (QED) is 0.183. The number of carbonyl (C=O) groups is 1. The van der Waals surface area contributed by atoms with Gasteiger partial charge in [0, 0.05) is 59.7 Å². The highest BCUT2D eigenvalue weighted by Gasteiger charge is 2.47. The van der Waals surface area contributed by atoms with E-state index in [4.69, 9.17) is 14.7 Å².